The van der Waals surface area contributed by atoms with Crippen molar-refractivity contribution in [2.75, 3.05) is 33.4 Å². The van der Waals surface area contributed by atoms with Gasteiger partial charge < -0.3 is 15.4 Å². The minimum absolute atomic E-state index is 0.224. The highest BCUT2D eigenvalue weighted by Gasteiger charge is 2.23. The zero-order chi connectivity index (χ0) is 11.3. The van der Waals surface area contributed by atoms with Crippen LogP contribution >= 0.6 is 0 Å². The molecule has 0 saturated carbocycles. The summed E-state index contributed by atoms with van der Waals surface area (Å²) in [5.41, 5.74) is 5.99. The smallest absolute Gasteiger partial charge is 0.0480 e. The molecule has 2 N–H and O–H groups in total. The molecule has 0 bridgehead atoms. The summed E-state index contributed by atoms with van der Waals surface area (Å²) in [6.07, 6.45) is 3.62. The molecule has 15 heavy (non-hydrogen) atoms. The van der Waals surface area contributed by atoms with E-state index in [1.54, 1.807) is 0 Å². The van der Waals surface area contributed by atoms with Crippen LogP contribution in [-0.2, 0) is 4.74 Å². The van der Waals surface area contributed by atoms with Crippen molar-refractivity contribution >= 4 is 0 Å². The van der Waals surface area contributed by atoms with Gasteiger partial charge >= 0.3 is 0 Å². The highest BCUT2D eigenvalue weighted by atomic mass is 16.5. The van der Waals surface area contributed by atoms with Gasteiger partial charge in [0.2, 0.25) is 0 Å². The molecule has 0 amide bonds. The van der Waals surface area contributed by atoms with Crippen LogP contribution in [0.2, 0.25) is 0 Å². The molecule has 1 heterocycles. The van der Waals surface area contributed by atoms with E-state index in [1.165, 1.54) is 12.8 Å². The Bertz CT molecular complexity index is 174. The largest absolute Gasteiger partial charge is 0.381 e. The fraction of sp³-hybridized carbons (Fsp3) is 1.00. The summed E-state index contributed by atoms with van der Waals surface area (Å²) in [4.78, 5) is 2.46. The Labute approximate surface area is 94.0 Å². The van der Waals surface area contributed by atoms with Crippen molar-refractivity contribution in [1.29, 1.82) is 0 Å². The third-order valence-electron chi connectivity index (χ3n) is 3.27. The number of nitrogens with two attached hydrogens (primary N) is 1. The Morgan fingerprint density at radius 2 is 2.07 bits per heavy atom. The van der Waals surface area contributed by atoms with E-state index in [1.807, 2.05) is 0 Å². The lowest BCUT2D eigenvalue weighted by molar-refractivity contribution is 0.123. The van der Waals surface area contributed by atoms with Gasteiger partial charge in [-0.05, 0) is 38.3 Å². The first-order valence-electron chi connectivity index (χ1n) is 6.03. The summed E-state index contributed by atoms with van der Waals surface area (Å²) in [5.74, 6) is 0. The normalized spacial score (nSPS) is 24.2. The Hall–Kier alpha value is -0.120. The summed E-state index contributed by atoms with van der Waals surface area (Å²) in [6.45, 7) is 8.14. The number of hydrogen-bond acceptors (Lipinski definition) is 3. The van der Waals surface area contributed by atoms with Crippen LogP contribution in [0.15, 0.2) is 0 Å². The maximum Gasteiger partial charge on any atom is 0.0480 e. The molecule has 0 aromatic rings. The second kappa shape index (κ2) is 5.83. The van der Waals surface area contributed by atoms with Gasteiger partial charge in [-0.3, -0.25) is 0 Å². The average molecular weight is 214 g/mol. The van der Waals surface area contributed by atoms with Crippen molar-refractivity contribution in [2.24, 2.45) is 11.1 Å². The van der Waals surface area contributed by atoms with Gasteiger partial charge in [0.15, 0.2) is 0 Å². The summed E-state index contributed by atoms with van der Waals surface area (Å²) in [5, 5.41) is 0. The van der Waals surface area contributed by atoms with E-state index in [9.17, 15) is 0 Å². The van der Waals surface area contributed by atoms with Crippen molar-refractivity contribution in [3.8, 4) is 0 Å². The van der Waals surface area contributed by atoms with E-state index >= 15 is 0 Å². The van der Waals surface area contributed by atoms with E-state index in [0.29, 0.717) is 6.04 Å². The highest BCUT2D eigenvalue weighted by molar-refractivity contribution is 4.78. The fourth-order valence-corrected chi connectivity index (χ4v) is 2.20. The lowest BCUT2D eigenvalue weighted by Gasteiger charge is -2.34. The van der Waals surface area contributed by atoms with Crippen LogP contribution in [0, 0.1) is 5.41 Å². The molecule has 3 heteroatoms. The Kier molecular flexibility index (Phi) is 5.03. The minimum atomic E-state index is 0.224. The second-order valence-electron chi connectivity index (χ2n) is 5.48. The summed E-state index contributed by atoms with van der Waals surface area (Å²) in [6, 6.07) is 0.679. The topological polar surface area (TPSA) is 38.5 Å². The molecule has 0 aromatic heterocycles. The van der Waals surface area contributed by atoms with Crippen LogP contribution in [0.3, 0.4) is 0 Å². The van der Waals surface area contributed by atoms with Gasteiger partial charge in [0.25, 0.3) is 0 Å². The molecular formula is C12H26N2O. The minimum Gasteiger partial charge on any atom is -0.381 e. The van der Waals surface area contributed by atoms with Crippen LogP contribution in [0.4, 0.5) is 0 Å². The summed E-state index contributed by atoms with van der Waals surface area (Å²) in [7, 11) is 2.22. The quantitative estimate of drug-likeness (QED) is 0.770. The van der Waals surface area contributed by atoms with Crippen LogP contribution < -0.4 is 5.73 Å². The number of hydrogen-bond donors (Lipinski definition) is 1. The number of nitrogens with zero attached hydrogens (tertiary/aromatic N) is 1. The monoisotopic (exact) mass is 214 g/mol. The van der Waals surface area contributed by atoms with E-state index in [-0.39, 0.29) is 5.41 Å². The van der Waals surface area contributed by atoms with E-state index in [4.69, 9.17) is 10.5 Å². The van der Waals surface area contributed by atoms with Crippen molar-refractivity contribution in [3.05, 3.63) is 0 Å². The maximum atomic E-state index is 5.76. The van der Waals surface area contributed by atoms with Crippen LogP contribution in [-0.4, -0.2) is 44.3 Å². The first kappa shape index (κ1) is 12.9. The molecule has 90 valence electrons. The molecular weight excluding hydrogens is 188 g/mol. The molecule has 3 nitrogen and oxygen atoms in total. The van der Waals surface area contributed by atoms with Gasteiger partial charge in [0.05, 0.1) is 0 Å². The predicted octanol–water partition coefficient (Wildman–Crippen LogP) is 1.47. The summed E-state index contributed by atoms with van der Waals surface area (Å²) >= 11 is 0. The SMILES string of the molecule is CN(CC(C)(C)CN)C1CCCOCC1. The third-order valence-corrected chi connectivity index (χ3v) is 3.27. The van der Waals surface area contributed by atoms with Crippen LogP contribution in [0.25, 0.3) is 0 Å². The van der Waals surface area contributed by atoms with E-state index < -0.39 is 0 Å². The molecule has 0 spiro atoms. The van der Waals surface area contributed by atoms with Gasteiger partial charge in [-0.2, -0.15) is 0 Å². The van der Waals surface area contributed by atoms with Crippen LogP contribution in [0.5, 0.6) is 0 Å². The first-order valence-corrected chi connectivity index (χ1v) is 6.03. The molecule has 1 saturated heterocycles. The molecule has 1 aliphatic rings. The number of ether oxygens (including phenoxy) is 1. The molecule has 0 radical (unpaired) electrons. The molecule has 1 aliphatic heterocycles. The molecule has 1 atom stereocenters. The van der Waals surface area contributed by atoms with Gasteiger partial charge in [-0.1, -0.05) is 13.8 Å². The van der Waals surface area contributed by atoms with Crippen molar-refractivity contribution in [1.82, 2.24) is 4.90 Å². The highest BCUT2D eigenvalue weighted by Crippen LogP contribution is 2.20. The first-order chi connectivity index (χ1) is 7.05. The van der Waals surface area contributed by atoms with Crippen molar-refractivity contribution in [3.63, 3.8) is 0 Å². The fourth-order valence-electron chi connectivity index (χ4n) is 2.20. The Morgan fingerprint density at radius 3 is 2.73 bits per heavy atom. The van der Waals surface area contributed by atoms with Crippen molar-refractivity contribution in [2.45, 2.75) is 39.2 Å². The van der Waals surface area contributed by atoms with Crippen LogP contribution in [0.1, 0.15) is 33.1 Å². The molecule has 1 fully saturated rings. The summed E-state index contributed by atoms with van der Waals surface area (Å²) < 4.78 is 5.48. The maximum absolute atomic E-state index is 5.76. The van der Waals surface area contributed by atoms with Gasteiger partial charge in [-0.25, -0.2) is 0 Å². The molecule has 0 aliphatic carbocycles. The Morgan fingerprint density at radius 1 is 1.33 bits per heavy atom. The van der Waals surface area contributed by atoms with Gasteiger partial charge in [0.1, 0.15) is 0 Å². The van der Waals surface area contributed by atoms with Gasteiger partial charge in [-0.15, -0.1) is 0 Å². The molecule has 0 aromatic carbocycles. The third kappa shape index (κ3) is 4.49. The predicted molar refractivity (Wildman–Crippen MR) is 63.9 cm³/mol. The van der Waals surface area contributed by atoms with Gasteiger partial charge in [0, 0.05) is 25.8 Å². The molecule has 1 unspecified atom stereocenters. The lowest BCUT2D eigenvalue weighted by atomic mass is 9.92. The standard InChI is InChI=1S/C12H26N2O/c1-12(2,9-13)10-14(3)11-5-4-7-15-8-6-11/h11H,4-10,13H2,1-3H3. The zero-order valence-corrected chi connectivity index (χ0v) is 10.5. The van der Waals surface area contributed by atoms with E-state index in [0.717, 1.165) is 32.7 Å². The zero-order valence-electron chi connectivity index (χ0n) is 10.5. The number of rotatable bonds is 4. The average Bonchev–Trinajstić information content (AvgIpc) is 2.45. The Balaban J connectivity index is 2.40. The van der Waals surface area contributed by atoms with E-state index in [2.05, 4.69) is 25.8 Å². The molecule has 1 rings (SSSR count). The second-order valence-corrected chi connectivity index (χ2v) is 5.48. The van der Waals surface area contributed by atoms with Crippen molar-refractivity contribution < 1.29 is 4.74 Å². The lowest BCUT2D eigenvalue weighted by Crippen LogP contribution is -2.42.